The summed E-state index contributed by atoms with van der Waals surface area (Å²) in [6.07, 6.45) is 12.4. The number of rotatable bonds is 6. The van der Waals surface area contributed by atoms with E-state index in [9.17, 15) is 0 Å². The monoisotopic (exact) mass is 251 g/mol. The fraction of sp³-hybridized carbons (Fsp3) is 0.733. The zero-order valence-electron chi connectivity index (χ0n) is 10.8. The fourth-order valence-corrected chi connectivity index (χ4v) is 3.78. The van der Waals surface area contributed by atoms with E-state index in [4.69, 9.17) is 5.73 Å². The predicted molar refractivity (Wildman–Crippen MR) is 76.6 cm³/mol. The van der Waals surface area contributed by atoms with Crippen molar-refractivity contribution < 1.29 is 0 Å². The van der Waals surface area contributed by atoms with Gasteiger partial charge in [0, 0.05) is 4.88 Å². The van der Waals surface area contributed by atoms with Crippen molar-refractivity contribution in [3.8, 4) is 0 Å². The van der Waals surface area contributed by atoms with Crippen molar-refractivity contribution in [2.75, 3.05) is 6.54 Å². The molecule has 2 heteroatoms. The van der Waals surface area contributed by atoms with Crippen LogP contribution in [-0.4, -0.2) is 6.54 Å². The molecule has 1 fully saturated rings. The maximum Gasteiger partial charge on any atom is 0.00485 e. The second-order valence-electron chi connectivity index (χ2n) is 5.36. The maximum absolute atomic E-state index is 5.54. The summed E-state index contributed by atoms with van der Waals surface area (Å²) in [5.74, 6) is 1.01. The van der Waals surface area contributed by atoms with Crippen LogP contribution in [0, 0.1) is 5.92 Å². The van der Waals surface area contributed by atoms with Gasteiger partial charge in [0.05, 0.1) is 0 Å². The molecule has 0 atom stereocenters. The Labute approximate surface area is 109 Å². The van der Waals surface area contributed by atoms with Crippen LogP contribution in [-0.2, 0) is 12.8 Å². The Kier molecular flexibility index (Phi) is 5.53. The standard InChI is InChI=1S/C15H25NS/c16-10-4-7-15-11-14(12-17-15)9-8-13-5-2-1-3-6-13/h11-13H,1-10,16H2. The largest absolute Gasteiger partial charge is 0.330 e. The maximum atomic E-state index is 5.54. The molecular weight excluding hydrogens is 226 g/mol. The summed E-state index contributed by atoms with van der Waals surface area (Å²) >= 11 is 1.92. The fourth-order valence-electron chi connectivity index (χ4n) is 2.81. The first kappa shape index (κ1) is 13.1. The van der Waals surface area contributed by atoms with Crippen molar-refractivity contribution in [1.82, 2.24) is 0 Å². The molecule has 17 heavy (non-hydrogen) atoms. The van der Waals surface area contributed by atoms with Crippen molar-refractivity contribution in [2.24, 2.45) is 11.7 Å². The molecule has 0 aliphatic heterocycles. The summed E-state index contributed by atoms with van der Waals surface area (Å²) in [5.41, 5.74) is 7.11. The van der Waals surface area contributed by atoms with Gasteiger partial charge in [0.15, 0.2) is 0 Å². The third kappa shape index (κ3) is 4.44. The lowest BCUT2D eigenvalue weighted by atomic mass is 9.85. The molecule has 0 unspecified atom stereocenters. The van der Waals surface area contributed by atoms with Crippen LogP contribution < -0.4 is 5.73 Å². The molecule has 2 rings (SSSR count). The third-order valence-corrected chi connectivity index (χ3v) is 4.95. The Bertz CT molecular complexity index is 312. The molecule has 0 spiro atoms. The van der Waals surface area contributed by atoms with Crippen LogP contribution in [0.25, 0.3) is 0 Å². The summed E-state index contributed by atoms with van der Waals surface area (Å²) in [4.78, 5) is 1.52. The van der Waals surface area contributed by atoms with Gasteiger partial charge in [-0.1, -0.05) is 32.1 Å². The molecular formula is C15H25NS. The van der Waals surface area contributed by atoms with E-state index in [0.29, 0.717) is 0 Å². The molecule has 0 bridgehead atoms. The van der Waals surface area contributed by atoms with Gasteiger partial charge < -0.3 is 5.73 Å². The Morgan fingerprint density at radius 3 is 2.76 bits per heavy atom. The second kappa shape index (κ2) is 7.17. The lowest BCUT2D eigenvalue weighted by Crippen LogP contribution is -2.06. The zero-order valence-corrected chi connectivity index (χ0v) is 11.6. The SMILES string of the molecule is NCCCc1cc(CCC2CCCCC2)cs1. The van der Waals surface area contributed by atoms with E-state index in [1.165, 1.54) is 56.2 Å². The lowest BCUT2D eigenvalue weighted by Gasteiger charge is -2.20. The average molecular weight is 251 g/mol. The lowest BCUT2D eigenvalue weighted by molar-refractivity contribution is 0.339. The minimum Gasteiger partial charge on any atom is -0.330 e. The van der Waals surface area contributed by atoms with E-state index < -0.39 is 0 Å². The van der Waals surface area contributed by atoms with E-state index in [-0.39, 0.29) is 0 Å². The van der Waals surface area contributed by atoms with Crippen LogP contribution in [0.1, 0.15) is 55.4 Å². The molecule has 1 heterocycles. The summed E-state index contributed by atoms with van der Waals surface area (Å²) in [7, 11) is 0. The number of aryl methyl sites for hydroxylation is 2. The molecule has 2 N–H and O–H groups in total. The van der Waals surface area contributed by atoms with Crippen molar-refractivity contribution in [1.29, 1.82) is 0 Å². The summed E-state index contributed by atoms with van der Waals surface area (Å²) in [6, 6.07) is 2.41. The molecule has 1 aromatic heterocycles. The van der Waals surface area contributed by atoms with Crippen molar-refractivity contribution in [3.05, 3.63) is 21.9 Å². The van der Waals surface area contributed by atoms with E-state index >= 15 is 0 Å². The molecule has 1 aliphatic carbocycles. The Hall–Kier alpha value is -0.340. The van der Waals surface area contributed by atoms with Crippen molar-refractivity contribution >= 4 is 11.3 Å². The highest BCUT2D eigenvalue weighted by Crippen LogP contribution is 2.28. The molecule has 1 saturated carbocycles. The van der Waals surface area contributed by atoms with Gasteiger partial charge >= 0.3 is 0 Å². The molecule has 1 aromatic rings. The van der Waals surface area contributed by atoms with Crippen molar-refractivity contribution in [3.63, 3.8) is 0 Å². The van der Waals surface area contributed by atoms with Crippen LogP contribution in [0.3, 0.4) is 0 Å². The van der Waals surface area contributed by atoms with E-state index in [1.54, 1.807) is 5.56 Å². The van der Waals surface area contributed by atoms with Crippen molar-refractivity contribution in [2.45, 2.75) is 57.8 Å². The van der Waals surface area contributed by atoms with Gasteiger partial charge in [-0.3, -0.25) is 0 Å². The predicted octanol–water partition coefficient (Wildman–Crippen LogP) is 4.15. The van der Waals surface area contributed by atoms with Crippen LogP contribution in [0.15, 0.2) is 11.4 Å². The van der Waals surface area contributed by atoms with Gasteiger partial charge in [0.2, 0.25) is 0 Å². The Morgan fingerprint density at radius 2 is 2.00 bits per heavy atom. The highest BCUT2D eigenvalue weighted by Gasteiger charge is 2.13. The molecule has 96 valence electrons. The van der Waals surface area contributed by atoms with Crippen LogP contribution in [0.5, 0.6) is 0 Å². The van der Waals surface area contributed by atoms with E-state index in [2.05, 4.69) is 11.4 Å². The van der Waals surface area contributed by atoms with Gasteiger partial charge in [0.25, 0.3) is 0 Å². The molecule has 0 aromatic carbocycles. The quantitative estimate of drug-likeness (QED) is 0.807. The highest BCUT2D eigenvalue weighted by atomic mass is 32.1. The normalized spacial score (nSPS) is 17.5. The van der Waals surface area contributed by atoms with Gasteiger partial charge in [0.1, 0.15) is 0 Å². The molecule has 1 nitrogen and oxygen atoms in total. The minimum absolute atomic E-state index is 0.815. The molecule has 1 aliphatic rings. The number of hydrogen-bond acceptors (Lipinski definition) is 2. The Morgan fingerprint density at radius 1 is 1.18 bits per heavy atom. The number of thiophene rings is 1. The van der Waals surface area contributed by atoms with Gasteiger partial charge in [-0.25, -0.2) is 0 Å². The summed E-state index contributed by atoms with van der Waals surface area (Å²) in [6.45, 7) is 0.815. The second-order valence-corrected chi connectivity index (χ2v) is 6.35. The zero-order chi connectivity index (χ0) is 11.9. The van der Waals surface area contributed by atoms with Crippen LogP contribution >= 0.6 is 11.3 Å². The average Bonchev–Trinajstić information content (AvgIpc) is 2.83. The first-order valence-electron chi connectivity index (χ1n) is 7.15. The minimum atomic E-state index is 0.815. The topological polar surface area (TPSA) is 26.0 Å². The van der Waals surface area contributed by atoms with Gasteiger partial charge in [-0.05, 0) is 55.2 Å². The molecule has 0 radical (unpaired) electrons. The summed E-state index contributed by atoms with van der Waals surface area (Å²) in [5, 5.41) is 2.36. The first-order chi connectivity index (χ1) is 8.38. The number of hydrogen-bond donors (Lipinski definition) is 1. The smallest absolute Gasteiger partial charge is 0.00485 e. The van der Waals surface area contributed by atoms with E-state index in [1.807, 2.05) is 11.3 Å². The highest BCUT2D eigenvalue weighted by molar-refractivity contribution is 7.10. The Balaban J connectivity index is 1.72. The van der Waals surface area contributed by atoms with Gasteiger partial charge in [-0.2, -0.15) is 0 Å². The third-order valence-electron chi connectivity index (χ3n) is 3.90. The van der Waals surface area contributed by atoms with Gasteiger partial charge in [-0.15, -0.1) is 11.3 Å². The van der Waals surface area contributed by atoms with Crippen LogP contribution in [0.4, 0.5) is 0 Å². The first-order valence-corrected chi connectivity index (χ1v) is 8.03. The molecule has 0 amide bonds. The number of nitrogens with two attached hydrogens (primary N) is 1. The summed E-state index contributed by atoms with van der Waals surface area (Å²) < 4.78 is 0. The van der Waals surface area contributed by atoms with Crippen LogP contribution in [0.2, 0.25) is 0 Å². The van der Waals surface area contributed by atoms with E-state index in [0.717, 1.165) is 18.9 Å². The molecule has 0 saturated heterocycles.